The molecule has 0 saturated carbocycles. The first-order chi connectivity index (χ1) is 8.99. The van der Waals surface area contributed by atoms with Crippen LogP contribution in [0.3, 0.4) is 0 Å². The van der Waals surface area contributed by atoms with E-state index in [0.29, 0.717) is 11.5 Å². The van der Waals surface area contributed by atoms with Gasteiger partial charge in [-0.15, -0.1) is 11.6 Å². The average Bonchev–Trinajstić information content (AvgIpc) is 2.41. The second-order valence-corrected chi connectivity index (χ2v) is 6.00. The van der Waals surface area contributed by atoms with Crippen molar-refractivity contribution in [3.63, 3.8) is 0 Å². The second kappa shape index (κ2) is 5.83. The standard InChI is InChI=1S/C15H20ClNO2/c1-10-3-4-13(9-14(10)18)15(19)17-7-5-12(6-8-17)11(2)16/h3-4,9,11-12,18H,5-8H2,1-2H3. The summed E-state index contributed by atoms with van der Waals surface area (Å²) in [4.78, 5) is 14.2. The molecular formula is C15H20ClNO2. The van der Waals surface area contributed by atoms with Crippen molar-refractivity contribution < 1.29 is 9.90 Å². The molecular weight excluding hydrogens is 262 g/mol. The van der Waals surface area contributed by atoms with Gasteiger partial charge in [0.1, 0.15) is 5.75 Å². The number of carbonyl (C=O) groups is 1. The number of aromatic hydroxyl groups is 1. The van der Waals surface area contributed by atoms with Crippen molar-refractivity contribution in [3.05, 3.63) is 29.3 Å². The van der Waals surface area contributed by atoms with Crippen LogP contribution in [0, 0.1) is 12.8 Å². The Hall–Kier alpha value is -1.22. The SMILES string of the molecule is Cc1ccc(C(=O)N2CCC(C(C)Cl)CC2)cc1O. The molecule has 4 heteroatoms. The third-order valence-electron chi connectivity index (χ3n) is 3.93. The number of alkyl halides is 1. The van der Waals surface area contributed by atoms with Crippen LogP contribution in [0.5, 0.6) is 5.75 Å². The normalized spacial score (nSPS) is 18.4. The fraction of sp³-hybridized carbons (Fsp3) is 0.533. The number of benzene rings is 1. The van der Waals surface area contributed by atoms with Crippen molar-refractivity contribution in [2.45, 2.75) is 32.1 Å². The number of rotatable bonds is 2. The van der Waals surface area contributed by atoms with Gasteiger partial charge in [0.15, 0.2) is 0 Å². The molecule has 1 aliphatic rings. The smallest absolute Gasteiger partial charge is 0.253 e. The van der Waals surface area contributed by atoms with E-state index >= 15 is 0 Å². The quantitative estimate of drug-likeness (QED) is 0.846. The summed E-state index contributed by atoms with van der Waals surface area (Å²) in [5, 5.41) is 9.84. The molecule has 19 heavy (non-hydrogen) atoms. The molecule has 2 rings (SSSR count). The molecule has 0 spiro atoms. The Morgan fingerprint density at radius 3 is 2.58 bits per heavy atom. The van der Waals surface area contributed by atoms with Gasteiger partial charge in [-0.25, -0.2) is 0 Å². The van der Waals surface area contributed by atoms with Crippen LogP contribution in [0.15, 0.2) is 18.2 Å². The highest BCUT2D eigenvalue weighted by Crippen LogP contribution is 2.25. The fourth-order valence-corrected chi connectivity index (χ4v) is 2.74. The van der Waals surface area contributed by atoms with Gasteiger partial charge in [-0.1, -0.05) is 6.07 Å². The predicted molar refractivity (Wildman–Crippen MR) is 76.8 cm³/mol. The zero-order valence-electron chi connectivity index (χ0n) is 11.4. The van der Waals surface area contributed by atoms with Crippen molar-refractivity contribution >= 4 is 17.5 Å². The molecule has 1 unspecified atom stereocenters. The largest absolute Gasteiger partial charge is 0.508 e. The monoisotopic (exact) mass is 281 g/mol. The van der Waals surface area contributed by atoms with Crippen molar-refractivity contribution in [3.8, 4) is 5.75 Å². The van der Waals surface area contributed by atoms with Gasteiger partial charge in [-0.3, -0.25) is 4.79 Å². The van der Waals surface area contributed by atoms with Crippen molar-refractivity contribution in [2.75, 3.05) is 13.1 Å². The Labute approximate surface area is 119 Å². The summed E-state index contributed by atoms with van der Waals surface area (Å²) in [7, 11) is 0. The van der Waals surface area contributed by atoms with Crippen LogP contribution in [0.4, 0.5) is 0 Å². The minimum atomic E-state index is -0.00373. The Bertz CT molecular complexity index is 465. The van der Waals surface area contributed by atoms with E-state index in [1.807, 2.05) is 18.7 Å². The minimum Gasteiger partial charge on any atom is -0.508 e. The lowest BCUT2D eigenvalue weighted by Crippen LogP contribution is -2.40. The Morgan fingerprint density at radius 2 is 2.05 bits per heavy atom. The van der Waals surface area contributed by atoms with Gasteiger partial charge in [0.25, 0.3) is 5.91 Å². The van der Waals surface area contributed by atoms with E-state index in [4.69, 9.17) is 11.6 Å². The molecule has 3 nitrogen and oxygen atoms in total. The van der Waals surface area contributed by atoms with E-state index < -0.39 is 0 Å². The summed E-state index contributed by atoms with van der Waals surface area (Å²) in [5.41, 5.74) is 1.34. The number of piperidine rings is 1. The van der Waals surface area contributed by atoms with Crippen LogP contribution in [0.1, 0.15) is 35.7 Å². The highest BCUT2D eigenvalue weighted by Gasteiger charge is 2.26. The van der Waals surface area contributed by atoms with Crippen LogP contribution in [-0.2, 0) is 0 Å². The number of hydrogen-bond acceptors (Lipinski definition) is 2. The van der Waals surface area contributed by atoms with Crippen LogP contribution >= 0.6 is 11.6 Å². The van der Waals surface area contributed by atoms with Crippen LogP contribution in [0.2, 0.25) is 0 Å². The van der Waals surface area contributed by atoms with E-state index in [2.05, 4.69) is 0 Å². The maximum atomic E-state index is 12.3. The predicted octanol–water partition coefficient (Wildman–Crippen LogP) is 3.18. The van der Waals surface area contributed by atoms with Crippen LogP contribution in [0.25, 0.3) is 0 Å². The third kappa shape index (κ3) is 3.21. The molecule has 1 fully saturated rings. The summed E-state index contributed by atoms with van der Waals surface area (Å²) in [6.45, 7) is 5.32. The van der Waals surface area contributed by atoms with E-state index in [1.54, 1.807) is 18.2 Å². The molecule has 1 aromatic carbocycles. The Kier molecular flexibility index (Phi) is 4.35. The maximum absolute atomic E-state index is 12.3. The lowest BCUT2D eigenvalue weighted by atomic mass is 9.93. The maximum Gasteiger partial charge on any atom is 0.253 e. The molecule has 1 saturated heterocycles. The molecule has 1 amide bonds. The molecule has 104 valence electrons. The summed E-state index contributed by atoms with van der Waals surface area (Å²) >= 11 is 6.10. The number of likely N-dealkylation sites (tertiary alicyclic amines) is 1. The molecule has 1 aromatic rings. The molecule has 1 aliphatic heterocycles. The van der Waals surface area contributed by atoms with Gasteiger partial charge < -0.3 is 10.0 Å². The zero-order valence-corrected chi connectivity index (χ0v) is 12.2. The Balaban J connectivity index is 2.03. The third-order valence-corrected chi connectivity index (χ3v) is 4.29. The van der Waals surface area contributed by atoms with Crippen LogP contribution in [-0.4, -0.2) is 34.4 Å². The number of halogens is 1. The minimum absolute atomic E-state index is 0.00373. The number of hydrogen-bond donors (Lipinski definition) is 1. The summed E-state index contributed by atoms with van der Waals surface area (Å²) < 4.78 is 0. The van der Waals surface area contributed by atoms with Gasteiger partial charge in [-0.05, 0) is 50.3 Å². The second-order valence-electron chi connectivity index (χ2n) is 5.31. The number of amides is 1. The number of phenols is 1. The van der Waals surface area contributed by atoms with E-state index in [0.717, 1.165) is 31.5 Å². The average molecular weight is 282 g/mol. The number of nitrogens with zero attached hydrogens (tertiary/aromatic N) is 1. The first-order valence-electron chi connectivity index (χ1n) is 6.72. The molecule has 0 aromatic heterocycles. The summed E-state index contributed by atoms with van der Waals surface area (Å²) in [6.07, 6.45) is 1.91. The molecule has 0 radical (unpaired) electrons. The topological polar surface area (TPSA) is 40.5 Å². The molecule has 1 N–H and O–H groups in total. The van der Waals surface area contributed by atoms with E-state index in [9.17, 15) is 9.90 Å². The number of aryl methyl sites for hydroxylation is 1. The number of phenolic OH excluding ortho intramolecular Hbond substituents is 1. The van der Waals surface area contributed by atoms with Crippen molar-refractivity contribution in [2.24, 2.45) is 5.92 Å². The first-order valence-corrected chi connectivity index (χ1v) is 7.15. The van der Waals surface area contributed by atoms with Gasteiger partial charge in [0, 0.05) is 24.0 Å². The van der Waals surface area contributed by atoms with Gasteiger partial charge in [-0.2, -0.15) is 0 Å². The number of carbonyl (C=O) groups excluding carboxylic acids is 1. The molecule has 0 bridgehead atoms. The molecule has 1 heterocycles. The lowest BCUT2D eigenvalue weighted by Gasteiger charge is -2.33. The van der Waals surface area contributed by atoms with Crippen LogP contribution < -0.4 is 0 Å². The van der Waals surface area contributed by atoms with E-state index in [-0.39, 0.29) is 17.0 Å². The highest BCUT2D eigenvalue weighted by atomic mass is 35.5. The van der Waals surface area contributed by atoms with Gasteiger partial charge >= 0.3 is 0 Å². The van der Waals surface area contributed by atoms with E-state index in [1.165, 1.54) is 0 Å². The Morgan fingerprint density at radius 1 is 1.42 bits per heavy atom. The zero-order chi connectivity index (χ0) is 14.0. The molecule has 1 atom stereocenters. The first kappa shape index (κ1) is 14.2. The lowest BCUT2D eigenvalue weighted by molar-refractivity contribution is 0.0689. The summed E-state index contributed by atoms with van der Waals surface area (Å²) in [6, 6.07) is 5.09. The fourth-order valence-electron chi connectivity index (χ4n) is 2.49. The van der Waals surface area contributed by atoms with Crippen molar-refractivity contribution in [1.29, 1.82) is 0 Å². The molecule has 0 aliphatic carbocycles. The summed E-state index contributed by atoms with van der Waals surface area (Å²) in [5.74, 6) is 0.670. The van der Waals surface area contributed by atoms with Crippen molar-refractivity contribution in [1.82, 2.24) is 4.90 Å². The highest BCUT2D eigenvalue weighted by molar-refractivity contribution is 6.20. The van der Waals surface area contributed by atoms with Gasteiger partial charge in [0.05, 0.1) is 0 Å². The van der Waals surface area contributed by atoms with Gasteiger partial charge in [0.2, 0.25) is 0 Å².